The highest BCUT2D eigenvalue weighted by atomic mass is 19.4. The summed E-state index contributed by atoms with van der Waals surface area (Å²) in [5.41, 5.74) is 2.70. The quantitative estimate of drug-likeness (QED) is 0.439. The van der Waals surface area contributed by atoms with Crippen LogP contribution in [0.2, 0.25) is 0 Å². The zero-order valence-corrected chi connectivity index (χ0v) is 19.9. The molecule has 1 saturated carbocycles. The van der Waals surface area contributed by atoms with Crippen molar-refractivity contribution in [2.45, 2.75) is 70.7 Å². The van der Waals surface area contributed by atoms with Gasteiger partial charge < -0.3 is 24.5 Å². The summed E-state index contributed by atoms with van der Waals surface area (Å²) in [6, 6.07) is 11.6. The minimum absolute atomic E-state index is 0.0220. The van der Waals surface area contributed by atoms with E-state index in [0.29, 0.717) is 0 Å². The summed E-state index contributed by atoms with van der Waals surface area (Å²) in [5, 5.41) is 13.5. The van der Waals surface area contributed by atoms with E-state index in [0.717, 1.165) is 46.9 Å². The Morgan fingerprint density at radius 2 is 1.83 bits per heavy atom. The van der Waals surface area contributed by atoms with Crippen molar-refractivity contribution in [2.75, 3.05) is 0 Å². The first-order chi connectivity index (χ1) is 16.4. The van der Waals surface area contributed by atoms with Crippen LogP contribution in [-0.2, 0) is 11.3 Å². The molecule has 4 rings (SSSR count). The Bertz CT molecular complexity index is 1200. The normalized spacial score (nSPS) is 18.6. The molecule has 1 fully saturated rings. The molecule has 1 aliphatic rings. The molecule has 2 atom stereocenters. The molecule has 2 aromatic carbocycles. The second-order valence-corrected chi connectivity index (χ2v) is 9.84. The topological polar surface area (TPSA) is 72.7 Å². The second kappa shape index (κ2) is 9.45. The number of alkyl carbamates (subject to hydrolysis) is 1. The van der Waals surface area contributed by atoms with E-state index in [1.165, 1.54) is 12.1 Å². The van der Waals surface area contributed by atoms with Crippen molar-refractivity contribution in [1.29, 1.82) is 0 Å². The number of fused-ring (bicyclic) bond motifs is 1. The number of nitrogens with one attached hydrogen (secondary N) is 1. The molecule has 0 saturated heterocycles. The van der Waals surface area contributed by atoms with E-state index in [9.17, 15) is 23.1 Å². The van der Waals surface area contributed by atoms with Crippen LogP contribution in [0.15, 0.2) is 48.7 Å². The van der Waals surface area contributed by atoms with Crippen molar-refractivity contribution >= 4 is 17.0 Å². The molecule has 1 aliphatic carbocycles. The molecule has 188 valence electrons. The van der Waals surface area contributed by atoms with Crippen LogP contribution in [0.1, 0.15) is 51.6 Å². The maximum atomic E-state index is 12.5. The smallest absolute Gasteiger partial charge is 0.444 e. The standard InChI is InChI=1S/C26H29F3N2O4/c1-25(2,3)35-24(33)30-18-7-8-19(13-18)31-14-22(21-12-16(15-32)4-11-23(21)31)17-5-9-20(10-6-17)34-26(27,28)29/h4-6,9-12,14,18-19,32H,7-8,13,15H2,1-3H3,(H,30,33)/t18-,19+/m1/s1. The molecule has 1 amide bonds. The number of hydrogen-bond donors (Lipinski definition) is 2. The van der Waals surface area contributed by atoms with E-state index in [-0.39, 0.29) is 24.4 Å². The Morgan fingerprint density at radius 1 is 1.11 bits per heavy atom. The minimum Gasteiger partial charge on any atom is -0.444 e. The van der Waals surface area contributed by atoms with Crippen molar-refractivity contribution in [3.63, 3.8) is 0 Å². The fourth-order valence-electron chi connectivity index (χ4n) is 4.58. The average molecular weight is 491 g/mol. The van der Waals surface area contributed by atoms with Gasteiger partial charge in [-0.15, -0.1) is 13.2 Å². The first kappa shape index (κ1) is 24.9. The van der Waals surface area contributed by atoms with Crippen LogP contribution in [0.4, 0.5) is 18.0 Å². The highest BCUT2D eigenvalue weighted by Gasteiger charge is 2.32. The third-order valence-electron chi connectivity index (χ3n) is 6.00. The first-order valence-corrected chi connectivity index (χ1v) is 11.5. The number of hydrogen-bond acceptors (Lipinski definition) is 4. The summed E-state index contributed by atoms with van der Waals surface area (Å²) in [6.07, 6.45) is -0.815. The zero-order chi connectivity index (χ0) is 25.4. The average Bonchev–Trinajstić information content (AvgIpc) is 3.35. The van der Waals surface area contributed by atoms with Gasteiger partial charge in [0.1, 0.15) is 11.4 Å². The summed E-state index contributed by atoms with van der Waals surface area (Å²) >= 11 is 0. The number of aliphatic hydroxyl groups is 1. The van der Waals surface area contributed by atoms with Crippen LogP contribution in [-0.4, -0.2) is 33.8 Å². The number of carbonyl (C=O) groups is 1. The number of halogens is 3. The molecule has 0 aliphatic heterocycles. The van der Waals surface area contributed by atoms with Crippen molar-refractivity contribution in [3.8, 4) is 16.9 Å². The number of alkyl halides is 3. The van der Waals surface area contributed by atoms with Crippen molar-refractivity contribution < 1.29 is 32.5 Å². The summed E-state index contributed by atoms with van der Waals surface area (Å²) < 4.78 is 49.1. The predicted octanol–water partition coefficient (Wildman–Crippen LogP) is 6.32. The summed E-state index contributed by atoms with van der Waals surface area (Å²) in [6.45, 7) is 5.34. The van der Waals surface area contributed by atoms with Crippen molar-refractivity contribution in [1.82, 2.24) is 9.88 Å². The van der Waals surface area contributed by atoms with E-state index in [2.05, 4.69) is 14.6 Å². The monoisotopic (exact) mass is 490 g/mol. The maximum absolute atomic E-state index is 12.5. The Morgan fingerprint density at radius 3 is 2.46 bits per heavy atom. The van der Waals surface area contributed by atoms with Gasteiger partial charge in [0.2, 0.25) is 0 Å². The second-order valence-electron chi connectivity index (χ2n) is 9.84. The fourth-order valence-corrected chi connectivity index (χ4v) is 4.58. The minimum atomic E-state index is -4.75. The first-order valence-electron chi connectivity index (χ1n) is 11.5. The number of ether oxygens (including phenoxy) is 2. The van der Waals surface area contributed by atoms with Crippen LogP contribution >= 0.6 is 0 Å². The third kappa shape index (κ3) is 6.08. The molecule has 9 heteroatoms. The number of benzene rings is 2. The Balaban J connectivity index is 1.61. The van der Waals surface area contributed by atoms with Gasteiger partial charge in [-0.1, -0.05) is 18.2 Å². The molecule has 0 unspecified atom stereocenters. The molecular formula is C26H29F3N2O4. The maximum Gasteiger partial charge on any atom is 0.573 e. The highest BCUT2D eigenvalue weighted by Crippen LogP contribution is 2.39. The molecular weight excluding hydrogens is 461 g/mol. The zero-order valence-electron chi connectivity index (χ0n) is 19.9. The third-order valence-corrected chi connectivity index (χ3v) is 6.00. The SMILES string of the molecule is CC(C)(C)OC(=O)N[C@@H]1CC[C@H](n2cc(-c3ccc(OC(F)(F)F)cc3)c3cc(CO)ccc32)C1. The van der Waals surface area contributed by atoms with Crippen LogP contribution in [0, 0.1) is 0 Å². The van der Waals surface area contributed by atoms with Crippen LogP contribution < -0.4 is 10.1 Å². The molecule has 0 spiro atoms. The summed E-state index contributed by atoms with van der Waals surface area (Å²) in [7, 11) is 0. The van der Waals surface area contributed by atoms with Crippen molar-refractivity contribution in [2.24, 2.45) is 0 Å². The van der Waals surface area contributed by atoms with Gasteiger partial charge in [0, 0.05) is 34.7 Å². The van der Waals surface area contributed by atoms with Crippen LogP contribution in [0.3, 0.4) is 0 Å². The molecule has 0 bridgehead atoms. The van der Waals surface area contributed by atoms with Gasteiger partial charge in [0.25, 0.3) is 0 Å². The van der Waals surface area contributed by atoms with E-state index in [1.54, 1.807) is 12.1 Å². The number of aliphatic hydroxyl groups excluding tert-OH is 1. The lowest BCUT2D eigenvalue weighted by Crippen LogP contribution is -2.38. The van der Waals surface area contributed by atoms with Gasteiger partial charge in [-0.3, -0.25) is 0 Å². The summed E-state index contributed by atoms with van der Waals surface area (Å²) in [5.74, 6) is -0.284. The lowest BCUT2D eigenvalue weighted by Gasteiger charge is -2.22. The van der Waals surface area contributed by atoms with Crippen molar-refractivity contribution in [3.05, 3.63) is 54.2 Å². The predicted molar refractivity (Wildman–Crippen MR) is 126 cm³/mol. The molecule has 2 N–H and O–H groups in total. The number of amides is 1. The van der Waals surface area contributed by atoms with Gasteiger partial charge in [0.05, 0.1) is 6.61 Å². The number of rotatable bonds is 5. The highest BCUT2D eigenvalue weighted by molar-refractivity contribution is 5.96. The van der Waals surface area contributed by atoms with E-state index >= 15 is 0 Å². The molecule has 1 aromatic heterocycles. The van der Waals surface area contributed by atoms with Gasteiger partial charge >= 0.3 is 12.5 Å². The van der Waals surface area contributed by atoms with Gasteiger partial charge in [-0.25, -0.2) is 4.79 Å². The summed E-state index contributed by atoms with van der Waals surface area (Å²) in [4.78, 5) is 12.2. The van der Waals surface area contributed by atoms with Crippen LogP contribution in [0.25, 0.3) is 22.0 Å². The number of nitrogens with zero attached hydrogens (tertiary/aromatic N) is 1. The molecule has 6 nitrogen and oxygen atoms in total. The molecule has 1 heterocycles. The fraction of sp³-hybridized carbons (Fsp3) is 0.423. The number of aromatic nitrogens is 1. The molecule has 3 aromatic rings. The van der Waals surface area contributed by atoms with Gasteiger partial charge in [-0.2, -0.15) is 0 Å². The largest absolute Gasteiger partial charge is 0.573 e. The number of carbonyl (C=O) groups excluding carboxylic acids is 1. The lowest BCUT2D eigenvalue weighted by molar-refractivity contribution is -0.274. The Hall–Kier alpha value is -3.20. The van der Waals surface area contributed by atoms with Gasteiger partial charge in [-0.05, 0) is 75.4 Å². The lowest BCUT2D eigenvalue weighted by atomic mass is 10.0. The van der Waals surface area contributed by atoms with E-state index < -0.39 is 18.1 Å². The molecule has 0 radical (unpaired) electrons. The Kier molecular flexibility index (Phi) is 6.73. The van der Waals surface area contributed by atoms with E-state index in [4.69, 9.17) is 4.74 Å². The molecule has 35 heavy (non-hydrogen) atoms. The van der Waals surface area contributed by atoms with Gasteiger partial charge in [0.15, 0.2) is 0 Å². The van der Waals surface area contributed by atoms with E-state index in [1.807, 2.05) is 45.2 Å². The Labute approximate surface area is 201 Å². The van der Waals surface area contributed by atoms with Crippen LogP contribution in [0.5, 0.6) is 5.75 Å².